The third-order valence-corrected chi connectivity index (χ3v) is 6.19. The number of ether oxygens (including phenoxy) is 1. The first-order valence-corrected chi connectivity index (χ1v) is 10.3. The van der Waals surface area contributed by atoms with Gasteiger partial charge in [-0.2, -0.15) is 0 Å². The van der Waals surface area contributed by atoms with Crippen LogP contribution in [0.2, 0.25) is 0 Å². The van der Waals surface area contributed by atoms with Crippen molar-refractivity contribution in [1.82, 2.24) is 19.8 Å². The van der Waals surface area contributed by atoms with E-state index in [1.165, 1.54) is 11.1 Å². The number of nitrogens with zero attached hydrogens (tertiary/aromatic N) is 3. The summed E-state index contributed by atoms with van der Waals surface area (Å²) < 4.78 is 8.31. The van der Waals surface area contributed by atoms with Crippen LogP contribution >= 0.6 is 0 Å². The number of hydrogen-bond acceptors (Lipinski definition) is 4. The number of likely N-dealkylation sites (N-methyl/N-ethyl adjacent to an activating group) is 1. The van der Waals surface area contributed by atoms with Crippen molar-refractivity contribution in [3.8, 4) is 0 Å². The van der Waals surface area contributed by atoms with E-state index >= 15 is 0 Å². The lowest BCUT2D eigenvalue weighted by Gasteiger charge is -2.45. The number of likely N-dealkylation sites (tertiary alicyclic amines) is 1. The number of benzene rings is 1. The van der Waals surface area contributed by atoms with Crippen LogP contribution in [0.4, 0.5) is 0 Å². The number of amides is 2. The van der Waals surface area contributed by atoms with Crippen LogP contribution in [0.3, 0.4) is 0 Å². The Morgan fingerprint density at radius 2 is 2.03 bits per heavy atom. The zero-order valence-electron chi connectivity index (χ0n) is 17.1. The molecular formula is C22H28N4O3. The van der Waals surface area contributed by atoms with E-state index < -0.39 is 11.7 Å². The molecule has 0 bridgehead atoms. The summed E-state index contributed by atoms with van der Waals surface area (Å²) in [5, 5.41) is 2.68. The molecule has 1 N–H and O–H groups in total. The monoisotopic (exact) mass is 396 g/mol. The minimum atomic E-state index is -0.605. The predicted molar refractivity (Wildman–Crippen MR) is 108 cm³/mol. The summed E-state index contributed by atoms with van der Waals surface area (Å²) in [5.74, 6) is 0.912. The number of fused-ring (bicyclic) bond motifs is 2. The van der Waals surface area contributed by atoms with Crippen LogP contribution in [0.15, 0.2) is 36.7 Å². The van der Waals surface area contributed by atoms with Gasteiger partial charge >= 0.3 is 0 Å². The summed E-state index contributed by atoms with van der Waals surface area (Å²) in [4.78, 5) is 31.4. The second kappa shape index (κ2) is 7.99. The van der Waals surface area contributed by atoms with Crippen LogP contribution in [0.1, 0.15) is 36.2 Å². The van der Waals surface area contributed by atoms with E-state index in [4.69, 9.17) is 4.74 Å². The highest BCUT2D eigenvalue weighted by Gasteiger charge is 2.47. The van der Waals surface area contributed by atoms with Crippen molar-refractivity contribution in [2.24, 2.45) is 0 Å². The molecule has 0 saturated carbocycles. The van der Waals surface area contributed by atoms with Gasteiger partial charge in [-0.05, 0) is 24.5 Å². The Morgan fingerprint density at radius 3 is 2.76 bits per heavy atom. The summed E-state index contributed by atoms with van der Waals surface area (Å²) in [6, 6.07) is 8.20. The molecule has 3 heterocycles. The Bertz CT molecular complexity index is 899. The molecule has 1 aromatic heterocycles. The van der Waals surface area contributed by atoms with Gasteiger partial charge < -0.3 is 19.5 Å². The topological polar surface area (TPSA) is 76.5 Å². The smallest absolute Gasteiger partial charge is 0.250 e. The van der Waals surface area contributed by atoms with Crippen LogP contribution in [0.5, 0.6) is 0 Å². The third-order valence-electron chi connectivity index (χ3n) is 6.19. The molecule has 4 rings (SSSR count). The Balaban J connectivity index is 1.41. The SMILES string of the molecule is CNC(=O)C1Cn2ccnc2C2(CCN(C(=O)CCc3ccccc3C)CC2)O1. The van der Waals surface area contributed by atoms with Gasteiger partial charge in [-0.3, -0.25) is 9.59 Å². The molecule has 1 saturated heterocycles. The van der Waals surface area contributed by atoms with Gasteiger partial charge in [0, 0.05) is 51.8 Å². The number of carbonyl (C=O) groups is 2. The summed E-state index contributed by atoms with van der Waals surface area (Å²) in [5.41, 5.74) is 1.84. The van der Waals surface area contributed by atoms with E-state index in [2.05, 4.69) is 29.4 Å². The number of imidazole rings is 1. The maximum atomic E-state index is 12.8. The van der Waals surface area contributed by atoms with Crippen molar-refractivity contribution in [2.75, 3.05) is 20.1 Å². The average molecular weight is 396 g/mol. The maximum absolute atomic E-state index is 12.8. The quantitative estimate of drug-likeness (QED) is 0.855. The summed E-state index contributed by atoms with van der Waals surface area (Å²) in [6.45, 7) is 3.77. The van der Waals surface area contributed by atoms with E-state index in [0.29, 0.717) is 38.9 Å². The summed E-state index contributed by atoms with van der Waals surface area (Å²) in [6.07, 6.45) is 5.68. The standard InChI is InChI=1S/C22H28N4O3/c1-16-5-3-4-6-17(16)7-8-19(27)25-12-9-22(10-13-25)21-24-11-14-26(21)15-18(29-22)20(28)23-2/h3-6,11,14,18H,7-10,12-13,15H2,1-2H3,(H,23,28). The molecular weight excluding hydrogens is 368 g/mol. The van der Waals surface area contributed by atoms with Crippen LogP contribution in [0, 0.1) is 6.92 Å². The molecule has 0 aliphatic carbocycles. The molecule has 1 atom stereocenters. The Morgan fingerprint density at radius 1 is 1.28 bits per heavy atom. The first-order chi connectivity index (χ1) is 14.0. The van der Waals surface area contributed by atoms with Gasteiger partial charge in [0.2, 0.25) is 5.91 Å². The molecule has 1 aromatic carbocycles. The zero-order valence-corrected chi connectivity index (χ0v) is 17.1. The van der Waals surface area contributed by atoms with Crippen molar-refractivity contribution < 1.29 is 14.3 Å². The van der Waals surface area contributed by atoms with Crippen LogP contribution in [-0.2, 0) is 32.9 Å². The number of rotatable bonds is 4. The maximum Gasteiger partial charge on any atom is 0.250 e. The highest BCUT2D eigenvalue weighted by Crippen LogP contribution is 2.40. The number of piperidine rings is 1. The lowest BCUT2D eigenvalue weighted by Crippen LogP contribution is -2.54. The van der Waals surface area contributed by atoms with Gasteiger partial charge in [0.1, 0.15) is 11.4 Å². The number of carbonyl (C=O) groups excluding carboxylic acids is 2. The van der Waals surface area contributed by atoms with Crippen molar-refractivity contribution in [3.05, 3.63) is 53.6 Å². The fourth-order valence-electron chi connectivity index (χ4n) is 4.44. The molecule has 7 nitrogen and oxygen atoms in total. The van der Waals surface area contributed by atoms with Crippen molar-refractivity contribution >= 4 is 11.8 Å². The molecule has 2 amide bonds. The zero-order chi connectivity index (χ0) is 20.4. The largest absolute Gasteiger partial charge is 0.357 e. The molecule has 2 aliphatic rings. The fraction of sp³-hybridized carbons (Fsp3) is 0.500. The normalized spacial score (nSPS) is 20.3. The molecule has 1 fully saturated rings. The Labute approximate surface area is 171 Å². The second-order valence-corrected chi connectivity index (χ2v) is 7.93. The van der Waals surface area contributed by atoms with E-state index in [-0.39, 0.29) is 11.8 Å². The predicted octanol–water partition coefficient (Wildman–Crippen LogP) is 1.79. The molecule has 7 heteroatoms. The third kappa shape index (κ3) is 3.79. The van der Waals surface area contributed by atoms with Gasteiger partial charge in [-0.1, -0.05) is 24.3 Å². The van der Waals surface area contributed by atoms with Gasteiger partial charge in [0.15, 0.2) is 6.10 Å². The van der Waals surface area contributed by atoms with E-state index in [1.54, 1.807) is 13.2 Å². The first-order valence-electron chi connectivity index (χ1n) is 10.3. The molecule has 2 aromatic rings. The number of aromatic nitrogens is 2. The molecule has 0 radical (unpaired) electrons. The van der Waals surface area contributed by atoms with Gasteiger partial charge in [0.05, 0.1) is 6.54 Å². The molecule has 1 spiro atoms. The van der Waals surface area contributed by atoms with Gasteiger partial charge in [-0.15, -0.1) is 0 Å². The first kappa shape index (κ1) is 19.6. The fourth-order valence-corrected chi connectivity index (χ4v) is 4.44. The Kier molecular flexibility index (Phi) is 5.41. The highest BCUT2D eigenvalue weighted by molar-refractivity contribution is 5.80. The Hall–Kier alpha value is -2.67. The van der Waals surface area contributed by atoms with E-state index in [0.717, 1.165) is 12.2 Å². The average Bonchev–Trinajstić information content (AvgIpc) is 3.22. The van der Waals surface area contributed by atoms with Crippen LogP contribution < -0.4 is 5.32 Å². The van der Waals surface area contributed by atoms with Crippen molar-refractivity contribution in [1.29, 1.82) is 0 Å². The van der Waals surface area contributed by atoms with Gasteiger partial charge in [-0.25, -0.2) is 4.98 Å². The van der Waals surface area contributed by atoms with Crippen molar-refractivity contribution in [3.63, 3.8) is 0 Å². The van der Waals surface area contributed by atoms with Crippen LogP contribution in [-0.4, -0.2) is 52.5 Å². The summed E-state index contributed by atoms with van der Waals surface area (Å²) in [7, 11) is 1.62. The lowest BCUT2D eigenvalue weighted by atomic mass is 9.88. The van der Waals surface area contributed by atoms with Crippen molar-refractivity contribution in [2.45, 2.75) is 50.9 Å². The number of nitrogens with one attached hydrogen (secondary N) is 1. The number of hydrogen-bond donors (Lipinski definition) is 1. The molecule has 2 aliphatic heterocycles. The molecule has 29 heavy (non-hydrogen) atoms. The second-order valence-electron chi connectivity index (χ2n) is 7.93. The van der Waals surface area contributed by atoms with Crippen LogP contribution in [0.25, 0.3) is 0 Å². The van der Waals surface area contributed by atoms with E-state index in [9.17, 15) is 9.59 Å². The molecule has 154 valence electrons. The highest BCUT2D eigenvalue weighted by atomic mass is 16.5. The minimum absolute atomic E-state index is 0.125. The minimum Gasteiger partial charge on any atom is -0.357 e. The molecule has 1 unspecified atom stereocenters. The number of aryl methyl sites for hydroxylation is 2. The summed E-state index contributed by atoms with van der Waals surface area (Å²) >= 11 is 0. The van der Waals surface area contributed by atoms with E-state index in [1.807, 2.05) is 27.8 Å². The van der Waals surface area contributed by atoms with Gasteiger partial charge in [0.25, 0.3) is 5.91 Å². The lowest BCUT2D eigenvalue weighted by molar-refractivity contribution is -0.175.